The van der Waals surface area contributed by atoms with Crippen LogP contribution in [0.15, 0.2) is 17.1 Å². The number of aliphatic imine (C=N–C) groups is 1. The minimum atomic E-state index is -3.57. The fourth-order valence-corrected chi connectivity index (χ4v) is 2.19. The van der Waals surface area contributed by atoms with Gasteiger partial charge in [-0.1, -0.05) is 53.4 Å². The number of hydrogen-bond donors (Lipinski definition) is 0. The first-order valence-corrected chi connectivity index (χ1v) is 7.89. The van der Waals surface area contributed by atoms with Gasteiger partial charge in [0.05, 0.1) is 6.10 Å². The molecule has 1 rings (SSSR count). The predicted octanol–water partition coefficient (Wildman–Crippen LogP) is 6.64. The van der Waals surface area contributed by atoms with E-state index in [9.17, 15) is 0 Å². The molecule has 2 heteroatoms. The second-order valence-electron chi connectivity index (χ2n) is 6.27. The predicted molar refractivity (Wildman–Crippen MR) is 107 cm³/mol. The first kappa shape index (κ1) is 7.51. The van der Waals surface area contributed by atoms with E-state index in [1.54, 1.807) is 27.7 Å². The molecule has 0 aliphatic carbocycles. The zero-order valence-corrected chi connectivity index (χ0v) is 15.2. The molecule has 0 N–H and O–H groups in total. The van der Waals surface area contributed by atoms with Crippen LogP contribution >= 0.6 is 0 Å². The Morgan fingerprint density at radius 1 is 0.917 bits per heavy atom. The number of rotatable bonds is 6. The van der Waals surface area contributed by atoms with Gasteiger partial charge in [-0.2, -0.15) is 0 Å². The largest absolute Gasteiger partial charge is 0.475 e. The minimum absolute atomic E-state index is 0.398. The van der Waals surface area contributed by atoms with Gasteiger partial charge >= 0.3 is 0 Å². The molecule has 24 heavy (non-hydrogen) atoms. The van der Waals surface area contributed by atoms with Gasteiger partial charge in [0.25, 0.3) is 0 Å². The zero-order chi connectivity index (χ0) is 31.4. The van der Waals surface area contributed by atoms with E-state index in [4.69, 9.17) is 25.3 Å². The van der Waals surface area contributed by atoms with Gasteiger partial charge in [0.1, 0.15) is 0 Å². The van der Waals surface area contributed by atoms with Gasteiger partial charge in [0.2, 0.25) is 5.90 Å². The van der Waals surface area contributed by atoms with E-state index in [0.29, 0.717) is 0 Å². The molecule has 0 spiro atoms. The lowest BCUT2D eigenvalue weighted by atomic mass is 9.84. The molecule has 0 saturated heterocycles. The highest BCUT2D eigenvalue weighted by Gasteiger charge is 2.23. The smallest absolute Gasteiger partial charge is 0.217 e. The van der Waals surface area contributed by atoms with Gasteiger partial charge in [-0.3, -0.25) is 0 Å². The lowest BCUT2D eigenvalue weighted by Gasteiger charge is -2.25. The highest BCUT2D eigenvalue weighted by Crippen LogP contribution is 2.33. The average molecular weight is 347 g/mol. The van der Waals surface area contributed by atoms with Gasteiger partial charge < -0.3 is 4.74 Å². The first-order valence-electron chi connectivity index (χ1n) is 15.4. The summed E-state index contributed by atoms with van der Waals surface area (Å²) in [5.41, 5.74) is -2.38. The molecule has 0 saturated carbocycles. The molecule has 0 aliphatic heterocycles. The molecule has 0 fully saturated rings. The van der Waals surface area contributed by atoms with Crippen molar-refractivity contribution in [1.29, 1.82) is 0 Å². The van der Waals surface area contributed by atoms with E-state index in [2.05, 4.69) is 4.99 Å². The molecule has 0 heterocycles. The Labute approximate surface area is 170 Å². The fraction of sp³-hybridized carbons (Fsp3) is 0.682. The van der Waals surface area contributed by atoms with Crippen LogP contribution in [-0.4, -0.2) is 18.0 Å². The molecule has 1 aromatic carbocycles. The minimum Gasteiger partial charge on any atom is -0.475 e. The molecular formula is C22H37NO. The van der Waals surface area contributed by atoms with Crippen molar-refractivity contribution in [3.05, 3.63) is 34.4 Å². The molecule has 0 aliphatic rings. The molecular weight excluding hydrogens is 294 g/mol. The van der Waals surface area contributed by atoms with E-state index in [0.717, 1.165) is 26.0 Å². The lowest BCUT2D eigenvalue weighted by Crippen LogP contribution is -2.20. The zero-order valence-electron chi connectivity index (χ0n) is 30.2. The van der Waals surface area contributed by atoms with E-state index < -0.39 is 85.4 Å². The molecule has 0 aromatic heterocycles. The molecule has 0 bridgehead atoms. The second kappa shape index (κ2) is 8.69. The molecule has 2 nitrogen and oxygen atoms in total. The number of benzene rings is 1. The Kier molecular flexibility index (Phi) is 2.72. The van der Waals surface area contributed by atoms with E-state index in [-0.39, 0.29) is 0 Å². The van der Waals surface area contributed by atoms with Crippen LogP contribution in [0.3, 0.4) is 0 Å². The van der Waals surface area contributed by atoms with Crippen molar-refractivity contribution in [2.75, 3.05) is 0 Å². The quantitative estimate of drug-likeness (QED) is 0.418. The summed E-state index contributed by atoms with van der Waals surface area (Å²) < 4.78 is 129. The Morgan fingerprint density at radius 2 is 1.46 bits per heavy atom. The van der Waals surface area contributed by atoms with E-state index in [1.165, 1.54) is 0 Å². The highest BCUT2D eigenvalue weighted by atomic mass is 16.5. The van der Waals surface area contributed by atoms with Crippen molar-refractivity contribution in [3.8, 4) is 0 Å². The maximum Gasteiger partial charge on any atom is 0.217 e. The van der Waals surface area contributed by atoms with Crippen molar-refractivity contribution in [2.24, 2.45) is 4.99 Å². The normalized spacial score (nSPS) is 29.7. The van der Waals surface area contributed by atoms with Gasteiger partial charge in [0, 0.05) is 32.2 Å². The first-order chi connectivity index (χ1) is 16.9. The molecule has 0 amide bonds. The van der Waals surface area contributed by atoms with Crippen LogP contribution in [-0.2, 0) is 4.74 Å². The van der Waals surface area contributed by atoms with E-state index >= 15 is 0 Å². The van der Waals surface area contributed by atoms with Gasteiger partial charge in [-0.05, 0) is 62.1 Å². The van der Waals surface area contributed by atoms with Crippen LogP contribution in [0.4, 0.5) is 0 Å². The number of hydrogen-bond acceptors (Lipinski definition) is 2. The highest BCUT2D eigenvalue weighted by molar-refractivity contribution is 5.98. The van der Waals surface area contributed by atoms with Crippen LogP contribution in [0.5, 0.6) is 0 Å². The maximum atomic E-state index is 8.94. The summed E-state index contributed by atoms with van der Waals surface area (Å²) in [6.07, 6.45) is -0.642. The van der Waals surface area contributed by atoms with Crippen LogP contribution in [0.25, 0.3) is 0 Å². The van der Waals surface area contributed by atoms with Gasteiger partial charge in [0.15, 0.2) is 0 Å². The van der Waals surface area contributed by atoms with Crippen molar-refractivity contribution in [2.45, 2.75) is 98.8 Å². The van der Waals surface area contributed by atoms with Crippen LogP contribution < -0.4 is 0 Å². The SMILES string of the molecule is [2H]C([2H])([2H])C([2H])(C)c1cc(C([2H])(C)C([2H])([2H])[2H])c(C(=NC(C)C)OC(C)C)c(C([2H])(C([2H])([2H])[2H])C([2H])([2H])[2H])c1. The number of nitrogens with zero attached hydrogens (tertiary/aromatic N) is 1. The summed E-state index contributed by atoms with van der Waals surface area (Å²) in [6.45, 7) is -4.92. The molecule has 2 atom stereocenters. The number of ether oxygens (including phenoxy) is 1. The van der Waals surface area contributed by atoms with Crippen molar-refractivity contribution < 1.29 is 25.3 Å². The molecule has 0 radical (unpaired) electrons. The van der Waals surface area contributed by atoms with Crippen molar-refractivity contribution in [3.63, 3.8) is 0 Å². The summed E-state index contributed by atoms with van der Waals surface area (Å²) in [7, 11) is 0. The third kappa shape index (κ3) is 5.36. The molecule has 1 aromatic rings. The second-order valence-corrected chi connectivity index (χ2v) is 6.27. The van der Waals surface area contributed by atoms with Gasteiger partial charge in [-0.15, -0.1) is 0 Å². The maximum absolute atomic E-state index is 8.94. The Balaban J connectivity index is 4.80. The lowest BCUT2D eigenvalue weighted by molar-refractivity contribution is 0.227. The van der Waals surface area contributed by atoms with Crippen molar-refractivity contribution >= 4 is 5.90 Å². The molecule has 136 valence electrons. The fourth-order valence-electron chi connectivity index (χ4n) is 2.19. The van der Waals surface area contributed by atoms with Gasteiger partial charge in [-0.25, -0.2) is 4.99 Å². The van der Waals surface area contributed by atoms with Crippen molar-refractivity contribution in [1.82, 2.24) is 0 Å². The molecule has 2 unspecified atom stereocenters. The average Bonchev–Trinajstić information content (AvgIpc) is 2.67. The summed E-state index contributed by atoms with van der Waals surface area (Å²) in [5.74, 6) is -8.99. The van der Waals surface area contributed by atoms with E-state index in [1.807, 2.05) is 0 Å². The third-order valence-electron chi connectivity index (χ3n) is 3.18. The van der Waals surface area contributed by atoms with Crippen LogP contribution in [0.1, 0.15) is 129 Å². The Morgan fingerprint density at radius 3 is 1.92 bits per heavy atom. The van der Waals surface area contributed by atoms with Crippen LogP contribution in [0.2, 0.25) is 0 Å². The topological polar surface area (TPSA) is 21.6 Å². The summed E-state index contributed by atoms with van der Waals surface area (Å²) in [6, 6.07) is 1.24. The summed E-state index contributed by atoms with van der Waals surface area (Å²) >= 11 is 0. The standard InChI is InChI=1S/C22H37NO/c1-13(2)18-11-19(14(3)4)21(20(12-18)15(5)6)22(23-16(7)8)24-17(9)10/h11-17H,1-10H3/i1D3,3D3,4D3,5D3,13D,14D,15D. The monoisotopic (exact) mass is 346 g/mol. The summed E-state index contributed by atoms with van der Waals surface area (Å²) in [4.78, 5) is 4.34. The Bertz CT molecular complexity index is 1040. The Hall–Kier alpha value is -1.31. The third-order valence-corrected chi connectivity index (χ3v) is 3.18. The summed E-state index contributed by atoms with van der Waals surface area (Å²) in [5, 5.41) is 0. The van der Waals surface area contributed by atoms with Crippen LogP contribution in [0, 0.1) is 0 Å².